The summed E-state index contributed by atoms with van der Waals surface area (Å²) in [4.78, 5) is 18.8. The van der Waals surface area contributed by atoms with E-state index in [9.17, 15) is 4.79 Å². The quantitative estimate of drug-likeness (QED) is 0.847. The number of hydrogen-bond acceptors (Lipinski definition) is 3. The van der Waals surface area contributed by atoms with E-state index in [2.05, 4.69) is 21.3 Å². The Balaban J connectivity index is 2.03. The molecule has 0 radical (unpaired) electrons. The van der Waals surface area contributed by atoms with Crippen LogP contribution in [-0.2, 0) is 11.3 Å². The van der Waals surface area contributed by atoms with Gasteiger partial charge in [-0.2, -0.15) is 0 Å². The number of carbonyl (C=O) groups excluding carboxylic acids is 1. The average molecular weight is 287 g/mol. The van der Waals surface area contributed by atoms with Gasteiger partial charge in [-0.1, -0.05) is 19.1 Å². The maximum absolute atomic E-state index is 12.0. The maximum atomic E-state index is 12.0. The Morgan fingerprint density at radius 1 is 1.38 bits per heavy atom. The van der Waals surface area contributed by atoms with Crippen molar-refractivity contribution in [1.29, 1.82) is 0 Å². The van der Waals surface area contributed by atoms with Crippen molar-refractivity contribution in [3.63, 3.8) is 0 Å². The highest BCUT2D eigenvalue weighted by atomic mass is 16.1. The van der Waals surface area contributed by atoms with Crippen molar-refractivity contribution < 1.29 is 4.79 Å². The van der Waals surface area contributed by atoms with E-state index in [1.165, 1.54) is 19.3 Å². The predicted octanol–water partition coefficient (Wildman–Crippen LogP) is 3.04. The maximum Gasteiger partial charge on any atom is 0.246 e. The SMILES string of the molecule is CC/C=C(\C)C(=O)NCc1cccnc1N1CCCCC1. The highest BCUT2D eigenvalue weighted by molar-refractivity contribution is 5.92. The molecule has 0 bridgehead atoms. The largest absolute Gasteiger partial charge is 0.356 e. The first-order valence-electron chi connectivity index (χ1n) is 7.86. The molecule has 1 amide bonds. The van der Waals surface area contributed by atoms with Crippen LogP contribution in [0.25, 0.3) is 0 Å². The number of nitrogens with zero attached hydrogens (tertiary/aromatic N) is 2. The molecule has 0 unspecified atom stereocenters. The summed E-state index contributed by atoms with van der Waals surface area (Å²) in [5.41, 5.74) is 1.87. The van der Waals surface area contributed by atoms with Crippen molar-refractivity contribution in [1.82, 2.24) is 10.3 Å². The molecule has 4 nitrogen and oxygen atoms in total. The molecule has 1 aliphatic rings. The molecule has 2 rings (SSSR count). The van der Waals surface area contributed by atoms with E-state index in [1.54, 1.807) is 0 Å². The van der Waals surface area contributed by atoms with Crippen molar-refractivity contribution in [3.05, 3.63) is 35.5 Å². The minimum absolute atomic E-state index is 0.00490. The van der Waals surface area contributed by atoms with Crippen molar-refractivity contribution in [3.8, 4) is 0 Å². The minimum atomic E-state index is 0.00490. The van der Waals surface area contributed by atoms with Crippen LogP contribution >= 0.6 is 0 Å². The summed E-state index contributed by atoms with van der Waals surface area (Å²) >= 11 is 0. The van der Waals surface area contributed by atoms with Gasteiger partial charge in [-0.3, -0.25) is 4.79 Å². The molecule has 0 spiro atoms. The van der Waals surface area contributed by atoms with Gasteiger partial charge in [-0.05, 0) is 38.7 Å². The fourth-order valence-corrected chi connectivity index (χ4v) is 2.67. The minimum Gasteiger partial charge on any atom is -0.356 e. The Bertz CT molecular complexity index is 505. The number of nitrogens with one attached hydrogen (secondary N) is 1. The smallest absolute Gasteiger partial charge is 0.246 e. The second-order valence-corrected chi connectivity index (χ2v) is 5.51. The number of allylic oxidation sites excluding steroid dienone is 1. The number of hydrogen-bond donors (Lipinski definition) is 1. The van der Waals surface area contributed by atoms with Gasteiger partial charge in [0.05, 0.1) is 0 Å². The number of amides is 1. The van der Waals surface area contributed by atoms with Gasteiger partial charge in [0.15, 0.2) is 0 Å². The highest BCUT2D eigenvalue weighted by Crippen LogP contribution is 2.21. The second-order valence-electron chi connectivity index (χ2n) is 5.51. The summed E-state index contributed by atoms with van der Waals surface area (Å²) in [6, 6.07) is 3.99. The van der Waals surface area contributed by atoms with Gasteiger partial charge in [0.2, 0.25) is 5.91 Å². The van der Waals surface area contributed by atoms with Crippen LogP contribution in [0, 0.1) is 0 Å². The molecule has 1 saturated heterocycles. The second kappa shape index (κ2) is 7.81. The van der Waals surface area contributed by atoms with Gasteiger partial charge in [0, 0.05) is 37.0 Å². The van der Waals surface area contributed by atoms with Gasteiger partial charge >= 0.3 is 0 Å². The fourth-order valence-electron chi connectivity index (χ4n) is 2.67. The monoisotopic (exact) mass is 287 g/mol. The molecule has 1 aliphatic heterocycles. The number of piperidine rings is 1. The van der Waals surface area contributed by atoms with Crippen molar-refractivity contribution >= 4 is 11.7 Å². The van der Waals surface area contributed by atoms with Gasteiger partial charge in [-0.25, -0.2) is 4.98 Å². The Kier molecular flexibility index (Phi) is 5.78. The van der Waals surface area contributed by atoms with Gasteiger partial charge < -0.3 is 10.2 Å². The molecular weight excluding hydrogens is 262 g/mol. The number of rotatable bonds is 5. The van der Waals surface area contributed by atoms with E-state index in [0.717, 1.165) is 36.5 Å². The third-order valence-corrected chi connectivity index (χ3v) is 3.83. The molecule has 0 aromatic carbocycles. The lowest BCUT2D eigenvalue weighted by molar-refractivity contribution is -0.117. The molecule has 114 valence electrons. The standard InChI is InChI=1S/C17H25N3O/c1-3-8-14(2)17(21)19-13-15-9-7-10-18-16(15)20-11-5-4-6-12-20/h7-10H,3-6,11-13H2,1-2H3,(H,19,21)/b14-8+. The topological polar surface area (TPSA) is 45.2 Å². The first kappa shape index (κ1) is 15.5. The molecule has 1 aromatic heterocycles. The first-order chi connectivity index (χ1) is 10.2. The number of carbonyl (C=O) groups is 1. The fraction of sp³-hybridized carbons (Fsp3) is 0.529. The van der Waals surface area contributed by atoms with Crippen LogP contribution in [0.4, 0.5) is 5.82 Å². The number of anilines is 1. The molecule has 0 atom stereocenters. The zero-order valence-electron chi connectivity index (χ0n) is 13.1. The van der Waals surface area contributed by atoms with E-state index in [0.29, 0.717) is 6.54 Å². The van der Waals surface area contributed by atoms with Gasteiger partial charge in [0.25, 0.3) is 0 Å². The highest BCUT2D eigenvalue weighted by Gasteiger charge is 2.15. The van der Waals surface area contributed by atoms with Crippen LogP contribution in [0.5, 0.6) is 0 Å². The summed E-state index contributed by atoms with van der Waals surface area (Å²) in [6.45, 7) is 6.55. The Morgan fingerprint density at radius 2 is 2.14 bits per heavy atom. The van der Waals surface area contributed by atoms with E-state index in [-0.39, 0.29) is 5.91 Å². The van der Waals surface area contributed by atoms with Crippen molar-refractivity contribution in [2.45, 2.75) is 46.1 Å². The average Bonchev–Trinajstić information content (AvgIpc) is 2.54. The van der Waals surface area contributed by atoms with E-state index in [4.69, 9.17) is 0 Å². The third-order valence-electron chi connectivity index (χ3n) is 3.83. The van der Waals surface area contributed by atoms with Crippen molar-refractivity contribution in [2.24, 2.45) is 0 Å². The summed E-state index contributed by atoms with van der Waals surface area (Å²) in [5.74, 6) is 1.03. The van der Waals surface area contributed by atoms with Gasteiger partial charge in [0.1, 0.15) is 5.82 Å². The first-order valence-corrected chi connectivity index (χ1v) is 7.86. The van der Waals surface area contributed by atoms with Crippen LogP contribution in [0.1, 0.15) is 45.1 Å². The lowest BCUT2D eigenvalue weighted by Crippen LogP contribution is -2.32. The van der Waals surface area contributed by atoms with Crippen LogP contribution in [0.15, 0.2) is 30.0 Å². The van der Waals surface area contributed by atoms with Crippen LogP contribution in [-0.4, -0.2) is 24.0 Å². The lowest BCUT2D eigenvalue weighted by atomic mass is 10.1. The molecule has 1 N–H and O–H groups in total. The number of pyridine rings is 1. The summed E-state index contributed by atoms with van der Waals surface area (Å²) < 4.78 is 0. The predicted molar refractivity (Wildman–Crippen MR) is 86.2 cm³/mol. The number of aromatic nitrogens is 1. The molecule has 0 aliphatic carbocycles. The third kappa shape index (κ3) is 4.31. The van der Waals surface area contributed by atoms with Gasteiger partial charge in [-0.15, -0.1) is 0 Å². The molecule has 0 saturated carbocycles. The Morgan fingerprint density at radius 3 is 2.86 bits per heavy atom. The zero-order valence-corrected chi connectivity index (χ0v) is 13.1. The summed E-state index contributed by atoms with van der Waals surface area (Å²) in [5, 5.41) is 2.99. The molecule has 1 fully saturated rings. The molecular formula is C17H25N3O. The summed E-state index contributed by atoms with van der Waals surface area (Å²) in [7, 11) is 0. The summed E-state index contributed by atoms with van der Waals surface area (Å²) in [6.07, 6.45) is 8.41. The zero-order chi connectivity index (χ0) is 15.1. The van der Waals surface area contributed by atoms with Crippen molar-refractivity contribution in [2.75, 3.05) is 18.0 Å². The van der Waals surface area contributed by atoms with E-state index < -0.39 is 0 Å². The van der Waals surface area contributed by atoms with E-state index in [1.807, 2.05) is 32.2 Å². The molecule has 4 heteroatoms. The normalized spacial score (nSPS) is 15.9. The van der Waals surface area contributed by atoms with E-state index >= 15 is 0 Å². The molecule has 21 heavy (non-hydrogen) atoms. The van der Waals surface area contributed by atoms with Crippen LogP contribution in [0.3, 0.4) is 0 Å². The molecule has 2 heterocycles. The lowest BCUT2D eigenvalue weighted by Gasteiger charge is -2.29. The molecule has 1 aromatic rings. The van der Waals surface area contributed by atoms with Crippen LogP contribution < -0.4 is 10.2 Å². The van der Waals surface area contributed by atoms with Crippen LogP contribution in [0.2, 0.25) is 0 Å². The Hall–Kier alpha value is -1.84. The Labute approximate surface area is 127 Å².